The van der Waals surface area contributed by atoms with Crippen LogP contribution in [-0.4, -0.2) is 27.9 Å². The van der Waals surface area contributed by atoms with Gasteiger partial charge in [-0.05, 0) is 82.3 Å². The minimum Gasteiger partial charge on any atom is -0.457 e. The number of fused-ring (bicyclic) bond motifs is 5. The molecule has 0 saturated heterocycles. The minimum atomic E-state index is -0.516. The Kier molecular flexibility index (Phi) is 6.55. The lowest BCUT2D eigenvalue weighted by Crippen LogP contribution is -2.44. The Bertz CT molecular complexity index is 3650. The van der Waals surface area contributed by atoms with Crippen molar-refractivity contribution in [2.75, 3.05) is 16.5 Å². The Hall–Kier alpha value is -7.51. The van der Waals surface area contributed by atoms with Gasteiger partial charge in [0.15, 0.2) is 0 Å². The molecule has 61 heavy (non-hydrogen) atoms. The molecule has 6 nitrogen and oxygen atoms in total. The molecular weight excluding hydrogens is 745 g/mol. The summed E-state index contributed by atoms with van der Waals surface area (Å²) in [6.07, 6.45) is 7.06. The molecule has 0 bridgehead atoms. The Labute approximate surface area is 371 Å². The number of aromatic nitrogens is 2. The summed E-state index contributed by atoms with van der Waals surface area (Å²) >= 11 is 0. The Balaban J connectivity index is 1.02. The lowest BCUT2D eigenvalue weighted by molar-refractivity contribution is 0.483. The van der Waals surface area contributed by atoms with Gasteiger partial charge in [0.2, 0.25) is 0 Å². The third-order valence-corrected chi connectivity index (χ3v) is 11.4. The fourth-order valence-electron chi connectivity index (χ4n) is 8.48. The number of benzene rings is 6. The molecule has 3 aliphatic rings. The highest BCUT2D eigenvalue weighted by Crippen LogP contribution is 2.47. The first-order valence-electron chi connectivity index (χ1n) is 25.2. The monoisotopic (exact) mass is 799 g/mol. The molecule has 0 radical (unpaired) electrons. The van der Waals surface area contributed by atoms with E-state index in [9.17, 15) is 0 Å². The number of allylic oxidation sites excluding steroid dienone is 4. The van der Waals surface area contributed by atoms with Gasteiger partial charge in [0.1, 0.15) is 29.8 Å². The average molecular weight is 800 g/mol. The molecule has 6 aromatic carbocycles. The van der Waals surface area contributed by atoms with Crippen LogP contribution in [0.2, 0.25) is 0 Å². The minimum absolute atomic E-state index is 0.00645. The van der Waals surface area contributed by atoms with Gasteiger partial charge < -0.3 is 19.3 Å². The maximum atomic E-state index is 9.11. The van der Waals surface area contributed by atoms with Crippen LogP contribution in [0.5, 0.6) is 11.5 Å². The second-order valence-electron chi connectivity index (χ2n) is 16.2. The normalized spacial score (nSPS) is 17.1. The summed E-state index contributed by atoms with van der Waals surface area (Å²) in [7, 11) is 0. The van der Waals surface area contributed by atoms with E-state index in [2.05, 4.69) is 60.6 Å². The van der Waals surface area contributed by atoms with Crippen molar-refractivity contribution in [3.05, 3.63) is 223 Å². The van der Waals surface area contributed by atoms with Crippen molar-refractivity contribution >= 4 is 56.9 Å². The van der Waals surface area contributed by atoms with Crippen LogP contribution in [-0.2, 0) is 5.41 Å². The highest BCUT2D eigenvalue weighted by Gasteiger charge is 2.37. The first-order valence-corrected chi connectivity index (χ1v) is 20.2. The van der Waals surface area contributed by atoms with E-state index in [1.54, 1.807) is 18.4 Å². The van der Waals surface area contributed by atoms with Crippen LogP contribution in [0.1, 0.15) is 51.2 Å². The second kappa shape index (κ2) is 14.6. The van der Waals surface area contributed by atoms with Gasteiger partial charge in [-0.2, -0.15) is 0 Å². The predicted molar refractivity (Wildman–Crippen MR) is 253 cm³/mol. The molecule has 0 fully saturated rings. The number of rotatable bonds is 7. The van der Waals surface area contributed by atoms with Gasteiger partial charge in [0.25, 0.3) is 0 Å². The van der Waals surface area contributed by atoms with Gasteiger partial charge in [-0.15, -0.1) is 0 Å². The molecular formula is C54H44BN5O. The fraction of sp³-hybridized carbons (Fsp3) is 0.0926. The third-order valence-electron chi connectivity index (χ3n) is 11.4. The molecule has 3 aliphatic heterocycles. The molecule has 7 heteroatoms. The summed E-state index contributed by atoms with van der Waals surface area (Å²) in [6.45, 7) is 6.31. The third kappa shape index (κ3) is 6.50. The second-order valence-corrected chi connectivity index (χ2v) is 16.2. The number of anilines is 3. The number of hydrogen-bond donors (Lipinski definition) is 0. The van der Waals surface area contributed by atoms with E-state index in [-0.39, 0.29) is 47.4 Å². The highest BCUT2D eigenvalue weighted by atomic mass is 16.5. The van der Waals surface area contributed by atoms with E-state index < -0.39 is 43.1 Å². The SMILES string of the molecule is [2H]c1c([2H])c([2H])c(C2=CN3B(C=C2)C=CC(c2c([2H])c([2H])c([2H])c([2H])c2[2H])=C3N2CN(c3cccc(Oc4ccc5c6ccccc6n(-c6cc(C(C)(C)C)ccn6)c5c4)c3)c3ccccc32)c([2H])c1[2H]. The Morgan fingerprint density at radius 2 is 1.36 bits per heavy atom. The zero-order valence-corrected chi connectivity index (χ0v) is 33.7. The van der Waals surface area contributed by atoms with Crippen LogP contribution in [0.25, 0.3) is 38.8 Å². The topological polar surface area (TPSA) is 36.8 Å². The fourth-order valence-corrected chi connectivity index (χ4v) is 8.48. The standard InChI is InChI=1S/C54H44BN5O/c1-54(2,3)41-29-32-56-52(33-41)60-48-22-11-10-21-46(48)47-26-25-44(35-51(47)60)61-43-20-14-19-42(34-43)57-37-58(50-24-13-12-23-49(50)57)53-45(39-17-8-5-9-18-39)28-31-55-30-27-40(36-59(53)55)38-15-6-4-7-16-38/h4-36H,37H2,1-3H3/i4D,5D,6D,7D,8D,9D,15D,16D,17D,18D. The lowest BCUT2D eigenvalue weighted by atomic mass is 9.56. The van der Waals surface area contributed by atoms with Gasteiger partial charge in [0, 0.05) is 46.6 Å². The van der Waals surface area contributed by atoms with Crippen molar-refractivity contribution in [1.29, 1.82) is 0 Å². The van der Waals surface area contributed by atoms with Crippen molar-refractivity contribution in [1.82, 2.24) is 14.4 Å². The van der Waals surface area contributed by atoms with Gasteiger partial charge in [-0.25, -0.2) is 4.98 Å². The number of para-hydroxylation sites is 3. The molecule has 5 heterocycles. The molecule has 0 saturated carbocycles. The Morgan fingerprint density at radius 3 is 2.16 bits per heavy atom. The number of ether oxygens (including phenoxy) is 1. The molecule has 0 aliphatic carbocycles. The van der Waals surface area contributed by atoms with E-state index in [0.717, 1.165) is 44.7 Å². The van der Waals surface area contributed by atoms with Gasteiger partial charge in [-0.1, -0.05) is 142 Å². The highest BCUT2D eigenvalue weighted by molar-refractivity contribution is 6.68. The molecule has 8 aromatic rings. The van der Waals surface area contributed by atoms with E-state index in [0.29, 0.717) is 28.5 Å². The number of pyridine rings is 1. The first kappa shape index (κ1) is 27.3. The predicted octanol–water partition coefficient (Wildman–Crippen LogP) is 13.1. The molecule has 294 valence electrons. The van der Waals surface area contributed by atoms with Crippen LogP contribution < -0.4 is 14.5 Å². The molecule has 0 unspecified atom stereocenters. The summed E-state index contributed by atoms with van der Waals surface area (Å²) in [4.78, 5) is 10.8. The molecule has 0 spiro atoms. The van der Waals surface area contributed by atoms with Gasteiger partial charge in [-0.3, -0.25) is 4.57 Å². The summed E-state index contributed by atoms with van der Waals surface area (Å²) in [5.41, 5.74) is 6.12. The van der Waals surface area contributed by atoms with Crippen molar-refractivity contribution in [3.63, 3.8) is 0 Å². The largest absolute Gasteiger partial charge is 0.457 e. The average Bonchev–Trinajstić information content (AvgIpc) is 3.92. The van der Waals surface area contributed by atoms with Crippen molar-refractivity contribution < 1.29 is 18.4 Å². The summed E-state index contributed by atoms with van der Waals surface area (Å²) in [5, 5.41) is 2.16. The molecule has 2 aromatic heterocycles. The van der Waals surface area contributed by atoms with E-state index in [4.69, 9.17) is 23.4 Å². The van der Waals surface area contributed by atoms with Crippen LogP contribution in [0.3, 0.4) is 0 Å². The molecule has 0 N–H and O–H groups in total. The maximum Gasteiger partial charge on any atom is 0.314 e. The maximum absolute atomic E-state index is 9.11. The molecule has 0 atom stereocenters. The van der Waals surface area contributed by atoms with Gasteiger partial charge >= 0.3 is 6.85 Å². The van der Waals surface area contributed by atoms with Crippen molar-refractivity contribution in [3.8, 4) is 17.3 Å². The summed E-state index contributed by atoms with van der Waals surface area (Å²) in [5.74, 6) is 6.18. The quantitative estimate of drug-likeness (QED) is 0.150. The Morgan fingerprint density at radius 1 is 0.656 bits per heavy atom. The zero-order valence-electron chi connectivity index (χ0n) is 43.7. The smallest absolute Gasteiger partial charge is 0.314 e. The summed E-state index contributed by atoms with van der Waals surface area (Å²) in [6, 6.07) is 29.7. The first-order chi connectivity index (χ1) is 34.0. The summed E-state index contributed by atoms with van der Waals surface area (Å²) < 4.78 is 95.5. The van der Waals surface area contributed by atoms with Crippen LogP contribution in [0, 0.1) is 0 Å². The van der Waals surface area contributed by atoms with Crippen molar-refractivity contribution in [2.45, 2.75) is 26.2 Å². The van der Waals surface area contributed by atoms with Crippen LogP contribution >= 0.6 is 0 Å². The number of hydrogen-bond acceptors (Lipinski definition) is 5. The van der Waals surface area contributed by atoms with E-state index >= 15 is 0 Å². The van der Waals surface area contributed by atoms with E-state index in [1.165, 1.54) is 5.56 Å². The zero-order chi connectivity index (χ0) is 49.8. The van der Waals surface area contributed by atoms with E-state index in [1.807, 2.05) is 101 Å². The lowest BCUT2D eigenvalue weighted by Gasteiger charge is -2.40. The molecule has 0 amide bonds. The van der Waals surface area contributed by atoms with Crippen LogP contribution in [0.15, 0.2) is 206 Å². The van der Waals surface area contributed by atoms with Crippen LogP contribution in [0.4, 0.5) is 17.1 Å². The van der Waals surface area contributed by atoms with Crippen molar-refractivity contribution in [2.24, 2.45) is 0 Å². The van der Waals surface area contributed by atoms with Gasteiger partial charge in [0.05, 0.1) is 36.1 Å². The molecule has 11 rings (SSSR count). The number of nitrogens with zero attached hydrogens (tertiary/aromatic N) is 5.